The third-order valence-corrected chi connectivity index (χ3v) is 3.78. The Morgan fingerprint density at radius 1 is 1.41 bits per heavy atom. The maximum atomic E-state index is 11.5. The molecule has 1 aromatic rings. The second-order valence-corrected chi connectivity index (χ2v) is 6.29. The number of aryl methyl sites for hydroxylation is 1. The second-order valence-electron chi connectivity index (χ2n) is 3.56. The number of benzene rings is 1. The van der Waals surface area contributed by atoms with E-state index in [2.05, 4.69) is 0 Å². The molecule has 0 N–H and O–H groups in total. The van der Waals surface area contributed by atoms with Crippen LogP contribution in [0.15, 0.2) is 18.2 Å². The fourth-order valence-corrected chi connectivity index (χ4v) is 2.45. The number of anilines is 1. The van der Waals surface area contributed by atoms with Crippen LogP contribution in [0.1, 0.15) is 5.56 Å². The van der Waals surface area contributed by atoms with Gasteiger partial charge >= 0.3 is 0 Å². The van der Waals surface area contributed by atoms with Gasteiger partial charge in [0.05, 0.1) is 11.9 Å². The molecule has 0 aliphatic heterocycles. The maximum absolute atomic E-state index is 11.5. The predicted molar refractivity (Wildman–Crippen MR) is 69.2 cm³/mol. The Balaban J connectivity index is 3.22. The van der Waals surface area contributed by atoms with E-state index in [0.29, 0.717) is 10.7 Å². The fourth-order valence-electron chi connectivity index (χ4n) is 1.30. The lowest BCUT2D eigenvalue weighted by atomic mass is 10.2. The molecule has 4 nitrogen and oxygen atoms in total. The Morgan fingerprint density at radius 3 is 2.41 bits per heavy atom. The van der Waals surface area contributed by atoms with Gasteiger partial charge in [0.2, 0.25) is 15.3 Å². The van der Waals surface area contributed by atoms with Gasteiger partial charge in [-0.2, -0.15) is 0 Å². The average molecular weight is 296 g/mol. The van der Waals surface area contributed by atoms with Crippen LogP contribution in [0.2, 0.25) is 5.02 Å². The van der Waals surface area contributed by atoms with Crippen LogP contribution in [0.5, 0.6) is 0 Å². The SMILES string of the molecule is Cc1cc(N(CC(=O)Cl)S(C)(=O)=O)ccc1Cl. The highest BCUT2D eigenvalue weighted by molar-refractivity contribution is 7.92. The van der Waals surface area contributed by atoms with E-state index in [1.54, 1.807) is 19.1 Å². The molecule has 0 aliphatic carbocycles. The van der Waals surface area contributed by atoms with Crippen LogP contribution >= 0.6 is 23.2 Å². The van der Waals surface area contributed by atoms with Crippen molar-refractivity contribution >= 4 is 44.2 Å². The van der Waals surface area contributed by atoms with Gasteiger partial charge in [-0.15, -0.1) is 0 Å². The molecule has 17 heavy (non-hydrogen) atoms. The third kappa shape index (κ3) is 3.87. The van der Waals surface area contributed by atoms with E-state index in [-0.39, 0.29) is 0 Å². The molecule has 0 fully saturated rings. The van der Waals surface area contributed by atoms with Crippen LogP contribution < -0.4 is 4.31 Å². The van der Waals surface area contributed by atoms with Crippen molar-refractivity contribution in [1.82, 2.24) is 0 Å². The average Bonchev–Trinajstić information content (AvgIpc) is 2.17. The summed E-state index contributed by atoms with van der Waals surface area (Å²) in [6.07, 6.45) is 1.01. The van der Waals surface area contributed by atoms with Crippen molar-refractivity contribution in [3.8, 4) is 0 Å². The van der Waals surface area contributed by atoms with Crippen LogP contribution in [-0.2, 0) is 14.8 Å². The summed E-state index contributed by atoms with van der Waals surface area (Å²) in [5.74, 6) is 0. The highest BCUT2D eigenvalue weighted by Gasteiger charge is 2.20. The lowest BCUT2D eigenvalue weighted by molar-refractivity contribution is -0.110. The minimum absolute atomic E-state index is 0.364. The van der Waals surface area contributed by atoms with Crippen molar-refractivity contribution in [2.45, 2.75) is 6.92 Å². The molecule has 94 valence electrons. The molecule has 1 aromatic carbocycles. The molecule has 0 aromatic heterocycles. The van der Waals surface area contributed by atoms with Crippen molar-refractivity contribution in [2.75, 3.05) is 17.1 Å². The number of rotatable bonds is 4. The van der Waals surface area contributed by atoms with Crippen LogP contribution in [0.25, 0.3) is 0 Å². The molecule has 7 heteroatoms. The van der Waals surface area contributed by atoms with Gasteiger partial charge < -0.3 is 0 Å². The van der Waals surface area contributed by atoms with Gasteiger partial charge in [0.25, 0.3) is 0 Å². The van der Waals surface area contributed by atoms with Gasteiger partial charge in [0, 0.05) is 5.02 Å². The molecule has 0 amide bonds. The summed E-state index contributed by atoms with van der Waals surface area (Å²) < 4.78 is 24.0. The summed E-state index contributed by atoms with van der Waals surface area (Å²) in [4.78, 5) is 10.9. The number of halogens is 2. The number of carbonyl (C=O) groups is 1. The monoisotopic (exact) mass is 295 g/mol. The zero-order valence-corrected chi connectivity index (χ0v) is 11.6. The van der Waals surface area contributed by atoms with E-state index in [9.17, 15) is 13.2 Å². The minimum atomic E-state index is -3.56. The van der Waals surface area contributed by atoms with Gasteiger partial charge in [-0.25, -0.2) is 8.42 Å². The highest BCUT2D eigenvalue weighted by atomic mass is 35.5. The zero-order chi connectivity index (χ0) is 13.2. The summed E-state index contributed by atoms with van der Waals surface area (Å²) >= 11 is 11.1. The van der Waals surface area contributed by atoms with Gasteiger partial charge in [0.1, 0.15) is 6.54 Å². The highest BCUT2D eigenvalue weighted by Crippen LogP contribution is 2.24. The van der Waals surface area contributed by atoms with E-state index in [0.717, 1.165) is 16.1 Å². The first-order chi connectivity index (χ1) is 7.71. The Hall–Kier alpha value is -0.780. The van der Waals surface area contributed by atoms with Crippen LogP contribution in [0.4, 0.5) is 5.69 Å². The van der Waals surface area contributed by atoms with Crippen molar-refractivity contribution in [1.29, 1.82) is 0 Å². The Labute approximate surface area is 110 Å². The number of carbonyl (C=O) groups excluding carboxylic acids is 1. The Morgan fingerprint density at radius 2 is 2.00 bits per heavy atom. The third-order valence-electron chi connectivity index (χ3n) is 2.10. The molecule has 1 rings (SSSR count). The first-order valence-electron chi connectivity index (χ1n) is 4.64. The molecule has 0 saturated carbocycles. The van der Waals surface area contributed by atoms with E-state index >= 15 is 0 Å². The quantitative estimate of drug-likeness (QED) is 0.800. The summed E-state index contributed by atoms with van der Waals surface area (Å²) in [6, 6.07) is 4.68. The molecule has 0 saturated heterocycles. The first kappa shape index (κ1) is 14.3. The molecule has 0 aliphatic rings. The van der Waals surface area contributed by atoms with Gasteiger partial charge in [-0.05, 0) is 42.3 Å². The minimum Gasteiger partial charge on any atom is -0.279 e. The molecular weight excluding hydrogens is 285 g/mol. The molecular formula is C10H11Cl2NO3S. The van der Waals surface area contributed by atoms with Gasteiger partial charge in [-0.1, -0.05) is 11.6 Å². The molecule has 0 atom stereocenters. The molecule has 0 bridgehead atoms. The topological polar surface area (TPSA) is 54.5 Å². The summed E-state index contributed by atoms with van der Waals surface area (Å²) in [7, 11) is -3.56. The normalized spacial score (nSPS) is 11.3. The zero-order valence-electron chi connectivity index (χ0n) is 9.28. The predicted octanol–water partition coefficient (Wildman–Crippen LogP) is 2.18. The van der Waals surface area contributed by atoms with Crippen LogP contribution in [0.3, 0.4) is 0 Å². The summed E-state index contributed by atoms with van der Waals surface area (Å²) in [5, 5.41) is -0.220. The van der Waals surface area contributed by atoms with Crippen molar-refractivity contribution < 1.29 is 13.2 Å². The van der Waals surface area contributed by atoms with Crippen LogP contribution in [0, 0.1) is 6.92 Å². The van der Waals surface area contributed by atoms with E-state index in [1.807, 2.05) is 0 Å². The van der Waals surface area contributed by atoms with Gasteiger partial charge in [-0.3, -0.25) is 9.10 Å². The van der Waals surface area contributed by atoms with Gasteiger partial charge in [0.15, 0.2) is 0 Å². The lowest BCUT2D eigenvalue weighted by Crippen LogP contribution is -2.33. The van der Waals surface area contributed by atoms with Crippen molar-refractivity contribution in [2.24, 2.45) is 0 Å². The van der Waals surface area contributed by atoms with E-state index < -0.39 is 21.8 Å². The Kier molecular flexibility index (Phi) is 4.41. The molecule has 0 unspecified atom stereocenters. The summed E-state index contributed by atoms with van der Waals surface area (Å²) in [5.41, 5.74) is 1.09. The number of hydrogen-bond donors (Lipinski definition) is 0. The second kappa shape index (κ2) is 5.25. The molecule has 0 radical (unpaired) electrons. The largest absolute Gasteiger partial charge is 0.279 e. The number of nitrogens with zero attached hydrogens (tertiary/aromatic N) is 1. The standard InChI is InChI=1S/C10H11Cl2NO3S/c1-7-5-8(3-4-9(7)11)13(6-10(12)14)17(2,15)16/h3-5H,6H2,1-2H3. The summed E-state index contributed by atoms with van der Waals surface area (Å²) in [6.45, 7) is 1.34. The number of sulfonamides is 1. The first-order valence-corrected chi connectivity index (χ1v) is 7.24. The lowest BCUT2D eigenvalue weighted by Gasteiger charge is -2.21. The smallest absolute Gasteiger partial charge is 0.242 e. The maximum Gasteiger partial charge on any atom is 0.242 e. The van der Waals surface area contributed by atoms with Crippen molar-refractivity contribution in [3.63, 3.8) is 0 Å². The molecule has 0 heterocycles. The molecule has 0 spiro atoms. The van der Waals surface area contributed by atoms with E-state index in [4.69, 9.17) is 23.2 Å². The number of hydrogen-bond acceptors (Lipinski definition) is 3. The van der Waals surface area contributed by atoms with E-state index in [1.165, 1.54) is 6.07 Å². The van der Waals surface area contributed by atoms with Crippen LogP contribution in [-0.4, -0.2) is 26.5 Å². The van der Waals surface area contributed by atoms with Crippen molar-refractivity contribution in [3.05, 3.63) is 28.8 Å². The fraction of sp³-hybridized carbons (Fsp3) is 0.300. The Bertz CT molecular complexity index is 542.